The van der Waals surface area contributed by atoms with Crippen molar-refractivity contribution in [2.24, 2.45) is 12.5 Å². The van der Waals surface area contributed by atoms with Crippen LogP contribution in [0.4, 0.5) is 0 Å². The zero-order valence-electron chi connectivity index (χ0n) is 20.9. The molecule has 0 saturated heterocycles. The molecule has 0 aliphatic carbocycles. The van der Waals surface area contributed by atoms with Gasteiger partial charge in [-0.2, -0.15) is 4.57 Å². The van der Waals surface area contributed by atoms with Gasteiger partial charge in [0, 0.05) is 17.5 Å². The Balaban J connectivity index is 2.07. The van der Waals surface area contributed by atoms with Crippen molar-refractivity contribution in [1.29, 1.82) is 0 Å². The molecule has 0 aliphatic heterocycles. The summed E-state index contributed by atoms with van der Waals surface area (Å²) >= 11 is 0. The number of hydrogen-bond donors (Lipinski definition) is 0. The van der Waals surface area contributed by atoms with E-state index in [2.05, 4.69) is 121 Å². The van der Waals surface area contributed by atoms with Crippen molar-refractivity contribution in [3.05, 3.63) is 88.5 Å². The van der Waals surface area contributed by atoms with E-state index in [9.17, 15) is 0 Å². The molecular formula is C31H36N+. The van der Waals surface area contributed by atoms with Crippen LogP contribution in [0, 0.1) is 33.1 Å². The maximum atomic E-state index is 2.45. The van der Waals surface area contributed by atoms with E-state index in [1.807, 2.05) is 0 Å². The van der Waals surface area contributed by atoms with E-state index >= 15 is 0 Å². The lowest BCUT2D eigenvalue weighted by Gasteiger charge is -2.21. The Morgan fingerprint density at radius 1 is 0.719 bits per heavy atom. The third-order valence-electron chi connectivity index (χ3n) is 6.80. The average molecular weight is 423 g/mol. The van der Waals surface area contributed by atoms with Crippen molar-refractivity contribution < 1.29 is 4.57 Å². The van der Waals surface area contributed by atoms with Crippen molar-refractivity contribution >= 4 is 10.9 Å². The molecule has 0 spiro atoms. The van der Waals surface area contributed by atoms with Crippen molar-refractivity contribution in [2.45, 2.75) is 54.9 Å². The lowest BCUT2D eigenvalue weighted by Crippen LogP contribution is -2.33. The molecule has 0 radical (unpaired) electrons. The van der Waals surface area contributed by atoms with Gasteiger partial charge in [0.05, 0.1) is 5.56 Å². The summed E-state index contributed by atoms with van der Waals surface area (Å²) in [6.45, 7) is 16.0. The molecule has 0 N–H and O–H groups in total. The van der Waals surface area contributed by atoms with E-state index in [4.69, 9.17) is 0 Å². The van der Waals surface area contributed by atoms with Crippen LogP contribution in [0.5, 0.6) is 0 Å². The molecular weight excluding hydrogens is 386 g/mol. The van der Waals surface area contributed by atoms with E-state index in [-0.39, 0.29) is 5.41 Å². The first kappa shape index (κ1) is 22.3. The highest BCUT2D eigenvalue weighted by molar-refractivity contribution is 5.85. The van der Waals surface area contributed by atoms with Gasteiger partial charge in [0.25, 0.3) is 0 Å². The molecule has 0 atom stereocenters. The summed E-state index contributed by atoms with van der Waals surface area (Å²) < 4.78 is 2.39. The number of pyridine rings is 1. The van der Waals surface area contributed by atoms with Gasteiger partial charge < -0.3 is 0 Å². The number of hydrogen-bond acceptors (Lipinski definition) is 0. The molecule has 164 valence electrons. The number of para-hydroxylation sites is 1. The molecule has 32 heavy (non-hydrogen) atoms. The second kappa shape index (κ2) is 8.20. The van der Waals surface area contributed by atoms with Gasteiger partial charge in [-0.25, -0.2) is 0 Å². The Morgan fingerprint density at radius 2 is 1.38 bits per heavy atom. The SMILES string of the molecule is Cc1ccccc1-c1cc(C)c(C)c(-c2cc(CC(C)(C)C)c3ccccc3[n+]2C)c1C. The summed E-state index contributed by atoms with van der Waals surface area (Å²) in [4.78, 5) is 0. The molecule has 1 nitrogen and oxygen atoms in total. The minimum absolute atomic E-state index is 0.225. The Morgan fingerprint density at radius 3 is 2.06 bits per heavy atom. The number of aryl methyl sites for hydroxylation is 3. The monoisotopic (exact) mass is 422 g/mol. The fraction of sp³-hybridized carbons (Fsp3) is 0.323. The van der Waals surface area contributed by atoms with Crippen LogP contribution >= 0.6 is 0 Å². The standard InChI is InChI=1S/C31H36N/c1-20-13-9-10-14-25(20)27-17-21(2)22(3)30(23(27)4)29-18-24(19-31(5,6)7)26-15-11-12-16-28(26)32(29)8/h9-18H,19H2,1-8H3/q+1. The Bertz CT molecular complexity index is 1320. The molecule has 0 aliphatic rings. The first-order valence-electron chi connectivity index (χ1n) is 11.7. The van der Waals surface area contributed by atoms with E-state index < -0.39 is 0 Å². The predicted molar refractivity (Wildman–Crippen MR) is 138 cm³/mol. The Labute approximate surface area is 193 Å². The summed E-state index contributed by atoms with van der Waals surface area (Å²) in [5.74, 6) is 0. The highest BCUT2D eigenvalue weighted by Crippen LogP contribution is 2.38. The highest BCUT2D eigenvalue weighted by Gasteiger charge is 2.25. The molecule has 4 rings (SSSR count). The van der Waals surface area contributed by atoms with Gasteiger partial charge in [-0.05, 0) is 84.5 Å². The topological polar surface area (TPSA) is 3.88 Å². The molecule has 1 heterocycles. The van der Waals surface area contributed by atoms with Gasteiger partial charge in [-0.15, -0.1) is 0 Å². The van der Waals surface area contributed by atoms with Gasteiger partial charge in [0.1, 0.15) is 7.05 Å². The normalized spacial score (nSPS) is 11.9. The molecule has 0 saturated carbocycles. The maximum absolute atomic E-state index is 2.45. The van der Waals surface area contributed by atoms with Gasteiger partial charge in [-0.3, -0.25) is 0 Å². The van der Waals surface area contributed by atoms with Crippen molar-refractivity contribution in [1.82, 2.24) is 0 Å². The van der Waals surface area contributed by atoms with E-state index in [1.165, 1.54) is 61.1 Å². The minimum atomic E-state index is 0.225. The summed E-state index contributed by atoms with van der Waals surface area (Å²) in [5, 5.41) is 1.36. The first-order chi connectivity index (χ1) is 15.1. The third kappa shape index (κ3) is 3.97. The van der Waals surface area contributed by atoms with Crippen LogP contribution in [0.25, 0.3) is 33.3 Å². The summed E-state index contributed by atoms with van der Waals surface area (Å²) in [6.07, 6.45) is 1.05. The highest BCUT2D eigenvalue weighted by atomic mass is 14.9. The second-order valence-corrected chi connectivity index (χ2v) is 10.5. The number of nitrogens with zero attached hydrogens (tertiary/aromatic N) is 1. The maximum Gasteiger partial charge on any atom is 0.213 e. The van der Waals surface area contributed by atoms with Crippen LogP contribution in [0.15, 0.2) is 60.7 Å². The van der Waals surface area contributed by atoms with Crippen molar-refractivity contribution in [3.8, 4) is 22.4 Å². The fourth-order valence-electron chi connectivity index (χ4n) is 5.05. The predicted octanol–water partition coefficient (Wildman–Crippen LogP) is 7.82. The van der Waals surface area contributed by atoms with Gasteiger partial charge in [0.15, 0.2) is 0 Å². The molecule has 0 unspecified atom stereocenters. The summed E-state index contributed by atoms with van der Waals surface area (Å²) in [5.41, 5.74) is 13.7. The molecule has 0 amide bonds. The smallest absolute Gasteiger partial charge is 0.194 e. The molecule has 4 aromatic rings. The van der Waals surface area contributed by atoms with Gasteiger partial charge in [0.2, 0.25) is 11.2 Å². The summed E-state index contributed by atoms with van der Waals surface area (Å²) in [7, 11) is 2.22. The Hall–Kier alpha value is -2.93. The van der Waals surface area contributed by atoms with Crippen LogP contribution in [0.3, 0.4) is 0 Å². The molecule has 0 bridgehead atoms. The van der Waals surface area contributed by atoms with E-state index in [0.717, 1.165) is 6.42 Å². The van der Waals surface area contributed by atoms with Crippen molar-refractivity contribution in [3.63, 3.8) is 0 Å². The van der Waals surface area contributed by atoms with Gasteiger partial charge in [-0.1, -0.05) is 63.2 Å². The quantitative estimate of drug-likeness (QED) is 0.296. The zero-order chi connectivity index (χ0) is 23.2. The van der Waals surface area contributed by atoms with Crippen LogP contribution in [-0.4, -0.2) is 0 Å². The second-order valence-electron chi connectivity index (χ2n) is 10.5. The van der Waals surface area contributed by atoms with Gasteiger partial charge >= 0.3 is 0 Å². The molecule has 3 aromatic carbocycles. The van der Waals surface area contributed by atoms with Crippen LogP contribution in [0.2, 0.25) is 0 Å². The minimum Gasteiger partial charge on any atom is -0.194 e. The van der Waals surface area contributed by atoms with Crippen molar-refractivity contribution in [2.75, 3.05) is 0 Å². The third-order valence-corrected chi connectivity index (χ3v) is 6.80. The molecule has 1 heteroatoms. The average Bonchev–Trinajstić information content (AvgIpc) is 2.73. The zero-order valence-corrected chi connectivity index (χ0v) is 20.9. The van der Waals surface area contributed by atoms with Crippen LogP contribution in [0.1, 0.15) is 48.6 Å². The van der Waals surface area contributed by atoms with Crippen LogP contribution in [-0.2, 0) is 13.5 Å². The Kier molecular flexibility index (Phi) is 5.71. The largest absolute Gasteiger partial charge is 0.213 e. The first-order valence-corrected chi connectivity index (χ1v) is 11.7. The van der Waals surface area contributed by atoms with E-state index in [1.54, 1.807) is 0 Å². The fourth-order valence-corrected chi connectivity index (χ4v) is 5.05. The number of aromatic nitrogens is 1. The van der Waals surface area contributed by atoms with E-state index in [0.29, 0.717) is 0 Å². The lowest BCUT2D eigenvalue weighted by molar-refractivity contribution is -0.633. The van der Waals surface area contributed by atoms with Crippen LogP contribution < -0.4 is 4.57 Å². The number of fused-ring (bicyclic) bond motifs is 1. The molecule has 0 fully saturated rings. The lowest BCUT2D eigenvalue weighted by atomic mass is 9.84. The number of rotatable bonds is 3. The number of benzene rings is 3. The summed E-state index contributed by atoms with van der Waals surface area (Å²) in [6, 6.07) is 22.4. The molecule has 1 aromatic heterocycles.